The molecule has 0 bridgehead atoms. The molecule has 1 amide bonds. The Morgan fingerprint density at radius 2 is 2.03 bits per heavy atom. The highest BCUT2D eigenvalue weighted by molar-refractivity contribution is 9.10. The Morgan fingerprint density at radius 1 is 1.28 bits per heavy atom. The number of nitrogens with zero attached hydrogens (tertiary/aromatic N) is 1. The molecule has 0 aromatic heterocycles. The maximum atomic E-state index is 13.4. The lowest BCUT2D eigenvalue weighted by Gasteiger charge is -2.46. The van der Waals surface area contributed by atoms with Gasteiger partial charge in [-0.25, -0.2) is 4.79 Å². The number of hydrogen-bond acceptors (Lipinski definition) is 5. The van der Waals surface area contributed by atoms with Crippen LogP contribution in [-0.4, -0.2) is 42.8 Å². The van der Waals surface area contributed by atoms with E-state index in [1.807, 2.05) is 29.2 Å². The number of esters is 1. The number of nitrogens with one attached hydrogen (secondary N) is 1. The fourth-order valence-corrected chi connectivity index (χ4v) is 5.05. The lowest BCUT2D eigenvalue weighted by Crippen LogP contribution is -2.51. The summed E-state index contributed by atoms with van der Waals surface area (Å²) in [5, 5.41) is 2.84. The maximum Gasteiger partial charge on any atom is 0.337 e. The van der Waals surface area contributed by atoms with Gasteiger partial charge in [0.1, 0.15) is 5.70 Å². The van der Waals surface area contributed by atoms with Crippen LogP contribution in [0.3, 0.4) is 0 Å². The lowest BCUT2D eigenvalue weighted by atomic mass is 9.68. The number of ketones is 1. The van der Waals surface area contributed by atoms with Crippen LogP contribution in [-0.2, 0) is 19.1 Å². The van der Waals surface area contributed by atoms with Gasteiger partial charge in [-0.05, 0) is 29.5 Å². The average molecular weight is 459 g/mol. The van der Waals surface area contributed by atoms with Crippen molar-refractivity contribution in [1.29, 1.82) is 0 Å². The van der Waals surface area contributed by atoms with Crippen LogP contribution in [0.2, 0.25) is 0 Å². The van der Waals surface area contributed by atoms with Crippen molar-refractivity contribution in [3.8, 4) is 0 Å². The Morgan fingerprint density at radius 3 is 2.72 bits per heavy atom. The van der Waals surface area contributed by atoms with E-state index in [-0.39, 0.29) is 22.7 Å². The number of hydrogen-bond donors (Lipinski definition) is 1. The third kappa shape index (κ3) is 3.31. The minimum atomic E-state index is -0.631. The second-order valence-electron chi connectivity index (χ2n) is 8.45. The molecular weight excluding hydrogens is 436 g/mol. The van der Waals surface area contributed by atoms with Crippen LogP contribution in [0.15, 0.2) is 51.3 Å². The highest BCUT2D eigenvalue weighted by Gasteiger charge is 2.48. The molecule has 1 saturated heterocycles. The summed E-state index contributed by atoms with van der Waals surface area (Å²) in [7, 11) is 1.30. The van der Waals surface area contributed by atoms with E-state index >= 15 is 0 Å². The minimum Gasteiger partial charge on any atom is -0.466 e. The van der Waals surface area contributed by atoms with E-state index < -0.39 is 11.9 Å². The molecule has 4 rings (SSSR count). The van der Waals surface area contributed by atoms with Crippen molar-refractivity contribution in [3.63, 3.8) is 0 Å². The van der Waals surface area contributed by atoms with E-state index in [0.29, 0.717) is 37.2 Å². The molecule has 152 valence electrons. The first-order chi connectivity index (χ1) is 13.7. The van der Waals surface area contributed by atoms with Gasteiger partial charge < -0.3 is 15.0 Å². The zero-order valence-corrected chi connectivity index (χ0v) is 18.3. The molecule has 1 aromatic carbocycles. The van der Waals surface area contributed by atoms with Crippen LogP contribution in [0.1, 0.15) is 38.2 Å². The molecule has 2 aliphatic heterocycles. The van der Waals surface area contributed by atoms with Crippen molar-refractivity contribution in [2.45, 2.75) is 32.6 Å². The fraction of sp³-hybridized carbons (Fsp3) is 0.409. The third-order valence-corrected chi connectivity index (χ3v) is 6.24. The quantitative estimate of drug-likeness (QED) is 0.689. The van der Waals surface area contributed by atoms with E-state index in [0.717, 1.165) is 15.7 Å². The molecule has 0 saturated carbocycles. The van der Waals surface area contributed by atoms with Gasteiger partial charge in [-0.3, -0.25) is 9.59 Å². The monoisotopic (exact) mass is 458 g/mol. The van der Waals surface area contributed by atoms with Crippen molar-refractivity contribution >= 4 is 33.6 Å². The Balaban J connectivity index is 2.03. The highest BCUT2D eigenvalue weighted by Crippen LogP contribution is 2.50. The van der Waals surface area contributed by atoms with E-state index in [2.05, 4.69) is 35.1 Å². The summed E-state index contributed by atoms with van der Waals surface area (Å²) >= 11 is 3.48. The maximum absolute atomic E-state index is 13.4. The second kappa shape index (κ2) is 7.13. The number of carbonyl (C=O) groups is 3. The topological polar surface area (TPSA) is 75.7 Å². The standard InChI is InChI=1S/C22H23BrN2O4/c1-22(2)10-14-17(15(26)11-22)16(12-5-4-6-13(23)9-12)18(21(28)29-3)19-20(27)24-7-8-25(14)19/h4-6,9,16H,7-8,10-11H2,1-3H3,(H,24,27). The van der Waals surface area contributed by atoms with Gasteiger partial charge in [-0.2, -0.15) is 0 Å². The van der Waals surface area contributed by atoms with E-state index in [1.165, 1.54) is 7.11 Å². The van der Waals surface area contributed by atoms with Crippen LogP contribution in [0.4, 0.5) is 0 Å². The molecule has 1 aromatic rings. The number of methoxy groups -OCH3 is 1. The Labute approximate surface area is 178 Å². The van der Waals surface area contributed by atoms with Crippen molar-refractivity contribution < 1.29 is 19.1 Å². The van der Waals surface area contributed by atoms with Gasteiger partial charge in [0.15, 0.2) is 5.78 Å². The molecule has 2 heterocycles. The Hall–Kier alpha value is -2.41. The zero-order valence-electron chi connectivity index (χ0n) is 16.7. The largest absolute Gasteiger partial charge is 0.466 e. The molecule has 1 N–H and O–H groups in total. The summed E-state index contributed by atoms with van der Waals surface area (Å²) in [5.74, 6) is -1.50. The van der Waals surface area contributed by atoms with Gasteiger partial charge in [0.25, 0.3) is 5.91 Å². The molecule has 1 fully saturated rings. The van der Waals surface area contributed by atoms with Gasteiger partial charge in [0, 0.05) is 41.2 Å². The third-order valence-electron chi connectivity index (χ3n) is 5.75. The smallest absolute Gasteiger partial charge is 0.337 e. The highest BCUT2D eigenvalue weighted by atomic mass is 79.9. The van der Waals surface area contributed by atoms with Crippen LogP contribution in [0, 0.1) is 5.41 Å². The number of rotatable bonds is 2. The zero-order chi connectivity index (χ0) is 20.9. The molecule has 1 atom stereocenters. The van der Waals surface area contributed by atoms with Crippen LogP contribution in [0.25, 0.3) is 0 Å². The van der Waals surface area contributed by atoms with Gasteiger partial charge >= 0.3 is 5.97 Å². The molecule has 0 radical (unpaired) electrons. The van der Waals surface area contributed by atoms with Crippen molar-refractivity contribution in [2.75, 3.05) is 20.2 Å². The number of benzene rings is 1. The van der Waals surface area contributed by atoms with Crippen molar-refractivity contribution in [3.05, 3.63) is 56.8 Å². The SMILES string of the molecule is COC(=O)C1=C2C(=O)NCCN2C2=C(C(=O)CC(C)(C)C2)C1c1cccc(Br)c1. The summed E-state index contributed by atoms with van der Waals surface area (Å²) in [6, 6.07) is 7.52. The van der Waals surface area contributed by atoms with Gasteiger partial charge in [0.05, 0.1) is 12.7 Å². The lowest BCUT2D eigenvalue weighted by molar-refractivity contribution is -0.137. The number of fused-ring (bicyclic) bond motifs is 2. The first-order valence-corrected chi connectivity index (χ1v) is 10.4. The van der Waals surface area contributed by atoms with Crippen molar-refractivity contribution in [2.24, 2.45) is 5.41 Å². The first kappa shape index (κ1) is 19.9. The second-order valence-corrected chi connectivity index (χ2v) is 9.37. The molecule has 1 aliphatic carbocycles. The van der Waals surface area contributed by atoms with Gasteiger partial charge in [-0.15, -0.1) is 0 Å². The normalized spacial score (nSPS) is 23.4. The summed E-state index contributed by atoms with van der Waals surface area (Å²) in [5.41, 5.74) is 2.58. The minimum absolute atomic E-state index is 0.0210. The number of ether oxygens (including phenoxy) is 1. The van der Waals surface area contributed by atoms with Crippen LogP contribution in [0.5, 0.6) is 0 Å². The average Bonchev–Trinajstić information content (AvgIpc) is 2.66. The molecule has 6 nitrogen and oxygen atoms in total. The van der Waals surface area contributed by atoms with E-state index in [1.54, 1.807) is 0 Å². The number of Topliss-reactive ketones (excluding diaryl/α,β-unsaturated/α-hetero) is 1. The summed E-state index contributed by atoms with van der Waals surface area (Å²) in [6.07, 6.45) is 1.07. The Kier molecular flexibility index (Phi) is 4.89. The predicted molar refractivity (Wildman–Crippen MR) is 111 cm³/mol. The van der Waals surface area contributed by atoms with Gasteiger partial charge in [-0.1, -0.05) is 41.9 Å². The number of allylic oxidation sites excluding steroid dienone is 2. The molecule has 1 unspecified atom stereocenters. The summed E-state index contributed by atoms with van der Waals surface area (Å²) < 4.78 is 5.91. The predicted octanol–water partition coefficient (Wildman–Crippen LogP) is 3.05. The van der Waals surface area contributed by atoms with E-state index in [9.17, 15) is 14.4 Å². The number of halogens is 1. The Bertz CT molecular complexity index is 992. The van der Waals surface area contributed by atoms with E-state index in [4.69, 9.17) is 4.74 Å². The summed E-state index contributed by atoms with van der Waals surface area (Å²) in [6.45, 7) is 5.11. The number of carbonyl (C=O) groups excluding carboxylic acids is 3. The molecule has 3 aliphatic rings. The van der Waals surface area contributed by atoms with Crippen molar-refractivity contribution in [1.82, 2.24) is 10.2 Å². The first-order valence-electron chi connectivity index (χ1n) is 9.63. The summed E-state index contributed by atoms with van der Waals surface area (Å²) in [4.78, 5) is 41.0. The van der Waals surface area contributed by atoms with Gasteiger partial charge in [0.2, 0.25) is 0 Å². The molecule has 29 heavy (non-hydrogen) atoms. The number of piperazine rings is 1. The van der Waals surface area contributed by atoms with Crippen LogP contribution >= 0.6 is 15.9 Å². The molecule has 7 heteroatoms. The number of amides is 1. The fourth-order valence-electron chi connectivity index (χ4n) is 4.63. The van der Waals surface area contributed by atoms with Crippen LogP contribution < -0.4 is 5.32 Å². The molecule has 0 spiro atoms. The molecular formula is C22H23BrN2O4.